The maximum atomic E-state index is 4.46. The third-order valence-corrected chi connectivity index (χ3v) is 10.8. The third-order valence-electron chi connectivity index (χ3n) is 8.25. The van der Waals surface area contributed by atoms with Gasteiger partial charge in [0, 0.05) is 21.1 Å². The van der Waals surface area contributed by atoms with Crippen molar-refractivity contribution in [1.82, 2.24) is 0 Å². The Morgan fingerprint density at radius 2 is 1.42 bits per heavy atom. The number of rotatable bonds is 16. The number of thiophene rings is 1. The second-order valence-electron chi connectivity index (χ2n) is 10.5. The summed E-state index contributed by atoms with van der Waals surface area (Å²) in [5, 5.41) is 0.601. The van der Waals surface area contributed by atoms with Crippen molar-refractivity contribution >= 4 is 23.1 Å². The van der Waals surface area contributed by atoms with Crippen LogP contribution in [-0.4, -0.2) is 0 Å². The van der Waals surface area contributed by atoms with Crippen molar-refractivity contribution in [1.29, 1.82) is 0 Å². The van der Waals surface area contributed by atoms with Crippen molar-refractivity contribution < 1.29 is 0 Å². The zero-order valence-electron chi connectivity index (χ0n) is 21.8. The number of hydrogen-bond acceptors (Lipinski definition) is 2. The molecule has 0 N–H and O–H groups in total. The molecule has 0 aromatic carbocycles. The fourth-order valence-corrected chi connectivity index (χ4v) is 9.46. The Balaban J connectivity index is 1.96. The molecule has 1 aliphatic carbocycles. The lowest BCUT2D eigenvalue weighted by Crippen LogP contribution is -2.44. The molecule has 2 aliphatic rings. The highest BCUT2D eigenvalue weighted by Gasteiger charge is 2.59. The highest BCUT2D eigenvalue weighted by Crippen LogP contribution is 2.69. The summed E-state index contributed by atoms with van der Waals surface area (Å²) in [5.74, 6) is 1.62. The standard InChI is InChI=1S/C31H48S2/c1-7-11-13-15-17-19-25(9-3)31(26(10-4)20-18-16-14-12-8-2)27-21-23(5)32-29(27)30-28(31)22-24(6)33-30/h9-10,21-22,25-27,29H,3-4,7-8,11-20H2,1-2,5-6H3. The van der Waals surface area contributed by atoms with Crippen molar-refractivity contribution in [2.24, 2.45) is 17.8 Å². The fourth-order valence-electron chi connectivity index (χ4n) is 6.73. The zero-order chi connectivity index (χ0) is 23.8. The van der Waals surface area contributed by atoms with Gasteiger partial charge in [-0.15, -0.1) is 36.3 Å². The average Bonchev–Trinajstić information content (AvgIpc) is 3.44. The molecule has 2 heteroatoms. The first-order chi connectivity index (χ1) is 16.0. The molecular weight excluding hydrogens is 436 g/mol. The summed E-state index contributed by atoms with van der Waals surface area (Å²) in [6.07, 6.45) is 23.3. The molecule has 0 radical (unpaired) electrons. The van der Waals surface area contributed by atoms with Gasteiger partial charge in [-0.25, -0.2) is 0 Å². The van der Waals surface area contributed by atoms with Crippen molar-refractivity contribution in [3.05, 3.63) is 57.7 Å². The highest BCUT2D eigenvalue weighted by molar-refractivity contribution is 8.03. The first-order valence-electron chi connectivity index (χ1n) is 13.7. The van der Waals surface area contributed by atoms with Gasteiger partial charge in [0.05, 0.1) is 5.25 Å². The van der Waals surface area contributed by atoms with Crippen molar-refractivity contribution in [2.75, 3.05) is 0 Å². The van der Waals surface area contributed by atoms with Crippen LogP contribution in [0.3, 0.4) is 0 Å². The number of unbranched alkanes of at least 4 members (excludes halogenated alkanes) is 8. The summed E-state index contributed by atoms with van der Waals surface area (Å²) >= 11 is 4.18. The minimum atomic E-state index is 0.133. The summed E-state index contributed by atoms with van der Waals surface area (Å²) in [4.78, 5) is 4.65. The van der Waals surface area contributed by atoms with Crippen LogP contribution in [0.25, 0.3) is 0 Å². The molecule has 4 atom stereocenters. The van der Waals surface area contributed by atoms with Gasteiger partial charge in [-0.05, 0) is 55.1 Å². The molecule has 0 fully saturated rings. The van der Waals surface area contributed by atoms with E-state index in [0.717, 1.165) is 0 Å². The molecule has 0 saturated carbocycles. The maximum absolute atomic E-state index is 4.46. The average molecular weight is 485 g/mol. The fraction of sp³-hybridized carbons (Fsp3) is 0.677. The number of fused-ring (bicyclic) bond motifs is 3. The van der Waals surface area contributed by atoms with E-state index in [4.69, 9.17) is 0 Å². The smallest absolute Gasteiger partial charge is 0.0510 e. The molecule has 184 valence electrons. The van der Waals surface area contributed by atoms with E-state index in [0.29, 0.717) is 23.0 Å². The Kier molecular flexibility index (Phi) is 10.4. The van der Waals surface area contributed by atoms with Crippen LogP contribution in [0.4, 0.5) is 0 Å². The Bertz CT molecular complexity index is 772. The normalized spacial score (nSPS) is 25.4. The topological polar surface area (TPSA) is 0 Å². The molecule has 1 aliphatic heterocycles. The van der Waals surface area contributed by atoms with E-state index >= 15 is 0 Å². The van der Waals surface area contributed by atoms with E-state index < -0.39 is 0 Å². The van der Waals surface area contributed by atoms with Crippen LogP contribution < -0.4 is 0 Å². The molecule has 0 bridgehead atoms. The lowest BCUT2D eigenvalue weighted by atomic mass is 9.56. The maximum Gasteiger partial charge on any atom is 0.0510 e. The number of allylic oxidation sites excluding steroid dienone is 4. The zero-order valence-corrected chi connectivity index (χ0v) is 23.5. The molecular formula is C31H48S2. The predicted molar refractivity (Wildman–Crippen MR) is 152 cm³/mol. The monoisotopic (exact) mass is 484 g/mol. The van der Waals surface area contributed by atoms with Crippen molar-refractivity contribution in [3.8, 4) is 0 Å². The van der Waals surface area contributed by atoms with Gasteiger partial charge in [0.15, 0.2) is 0 Å². The summed E-state index contributed by atoms with van der Waals surface area (Å²) in [5.41, 5.74) is 1.79. The Labute approximate surface area is 213 Å². The van der Waals surface area contributed by atoms with Crippen LogP contribution >= 0.6 is 23.1 Å². The summed E-state index contributed by atoms with van der Waals surface area (Å²) in [6, 6.07) is 2.56. The third kappa shape index (κ3) is 5.58. The molecule has 4 unspecified atom stereocenters. The summed E-state index contributed by atoms with van der Waals surface area (Å²) < 4.78 is 0. The quantitative estimate of drug-likeness (QED) is 0.166. The Morgan fingerprint density at radius 3 is 1.94 bits per heavy atom. The summed E-state index contributed by atoms with van der Waals surface area (Å²) in [7, 11) is 0. The van der Waals surface area contributed by atoms with Gasteiger partial charge in [0.2, 0.25) is 0 Å². The van der Waals surface area contributed by atoms with E-state index in [1.165, 1.54) is 86.8 Å². The SMILES string of the molecule is C=CC(CCCCCCC)C1(C(C=C)CCCCCCC)c2cc(C)sc2C2SC(C)=CC21. The van der Waals surface area contributed by atoms with Crippen LogP contribution in [0, 0.1) is 24.7 Å². The second kappa shape index (κ2) is 12.8. The van der Waals surface area contributed by atoms with E-state index in [9.17, 15) is 0 Å². The van der Waals surface area contributed by atoms with Crippen LogP contribution in [-0.2, 0) is 5.41 Å². The first kappa shape index (κ1) is 26.9. The Hall–Kier alpha value is -0.730. The van der Waals surface area contributed by atoms with Gasteiger partial charge in [-0.1, -0.05) is 96.3 Å². The van der Waals surface area contributed by atoms with Crippen molar-refractivity contribution in [2.45, 2.75) is 115 Å². The van der Waals surface area contributed by atoms with Gasteiger partial charge >= 0.3 is 0 Å². The van der Waals surface area contributed by atoms with Crippen LogP contribution in [0.5, 0.6) is 0 Å². The number of thioether (sulfide) groups is 1. The highest BCUT2D eigenvalue weighted by atomic mass is 32.2. The van der Waals surface area contributed by atoms with E-state index in [1.54, 1.807) is 10.4 Å². The predicted octanol–water partition coefficient (Wildman–Crippen LogP) is 10.9. The van der Waals surface area contributed by atoms with E-state index in [-0.39, 0.29) is 5.41 Å². The van der Waals surface area contributed by atoms with Gasteiger partial charge in [0.1, 0.15) is 0 Å². The van der Waals surface area contributed by atoms with Gasteiger partial charge < -0.3 is 0 Å². The molecule has 0 saturated heterocycles. The summed E-state index contributed by atoms with van der Waals surface area (Å²) in [6.45, 7) is 18.2. The van der Waals surface area contributed by atoms with Gasteiger partial charge in [-0.2, -0.15) is 0 Å². The molecule has 1 aromatic heterocycles. The van der Waals surface area contributed by atoms with Crippen LogP contribution in [0.1, 0.15) is 118 Å². The van der Waals surface area contributed by atoms with Gasteiger partial charge in [0.25, 0.3) is 0 Å². The molecule has 3 rings (SSSR count). The molecule has 33 heavy (non-hydrogen) atoms. The van der Waals surface area contributed by atoms with Crippen molar-refractivity contribution in [3.63, 3.8) is 0 Å². The second-order valence-corrected chi connectivity index (χ2v) is 13.2. The number of aryl methyl sites for hydroxylation is 1. The molecule has 0 spiro atoms. The Morgan fingerprint density at radius 1 is 0.879 bits per heavy atom. The first-order valence-corrected chi connectivity index (χ1v) is 15.4. The van der Waals surface area contributed by atoms with Crippen LogP contribution in [0.15, 0.2) is 42.4 Å². The number of hydrogen-bond donors (Lipinski definition) is 0. The molecule has 2 heterocycles. The molecule has 1 aromatic rings. The largest absolute Gasteiger partial charge is 0.144 e. The van der Waals surface area contributed by atoms with E-state index in [1.807, 2.05) is 0 Å². The lowest BCUT2D eigenvalue weighted by molar-refractivity contribution is 0.165. The van der Waals surface area contributed by atoms with Gasteiger partial charge in [-0.3, -0.25) is 0 Å². The minimum absolute atomic E-state index is 0.133. The molecule has 0 nitrogen and oxygen atoms in total. The lowest BCUT2D eigenvalue weighted by Gasteiger charge is -2.46. The van der Waals surface area contributed by atoms with E-state index in [2.05, 4.69) is 88.2 Å². The minimum Gasteiger partial charge on any atom is -0.144 e. The molecule has 0 amide bonds. The van der Waals surface area contributed by atoms with Crippen LogP contribution in [0.2, 0.25) is 0 Å².